The summed E-state index contributed by atoms with van der Waals surface area (Å²) in [6.07, 6.45) is 3.70. The predicted molar refractivity (Wildman–Crippen MR) is 63.9 cm³/mol. The van der Waals surface area contributed by atoms with Crippen LogP contribution in [0, 0.1) is 0 Å². The minimum atomic E-state index is 0.382. The van der Waals surface area contributed by atoms with Crippen molar-refractivity contribution < 1.29 is 5.11 Å². The van der Waals surface area contributed by atoms with Crippen molar-refractivity contribution in [1.29, 1.82) is 0 Å². The second-order valence-electron chi connectivity index (χ2n) is 4.05. The summed E-state index contributed by atoms with van der Waals surface area (Å²) in [6, 6.07) is 8.00. The number of phenols is 1. The Balaban J connectivity index is 2.33. The lowest BCUT2D eigenvalue weighted by atomic mass is 10.1. The maximum Gasteiger partial charge on any atom is 0.120 e. The van der Waals surface area contributed by atoms with Crippen LogP contribution in [0.3, 0.4) is 0 Å². The van der Waals surface area contributed by atoms with E-state index in [0.29, 0.717) is 11.8 Å². The average Bonchev–Trinajstić information content (AvgIpc) is 2.25. The van der Waals surface area contributed by atoms with E-state index < -0.39 is 0 Å². The largest absolute Gasteiger partial charge is 0.508 e. The van der Waals surface area contributed by atoms with Crippen molar-refractivity contribution in [2.24, 2.45) is 0 Å². The van der Waals surface area contributed by atoms with E-state index in [1.165, 1.54) is 19.3 Å². The molecule has 84 valence electrons. The molecule has 0 amide bonds. The molecule has 0 spiro atoms. The van der Waals surface area contributed by atoms with Gasteiger partial charge in [-0.15, -0.1) is 0 Å². The zero-order valence-electron chi connectivity index (χ0n) is 9.66. The van der Waals surface area contributed by atoms with Crippen molar-refractivity contribution in [1.82, 2.24) is 5.32 Å². The molecule has 0 fully saturated rings. The first kappa shape index (κ1) is 12.1. The number of phenolic OH excluding ortho intramolecular Hbond substituents is 1. The number of nitrogens with one attached hydrogen (secondary N) is 1. The minimum absolute atomic E-state index is 0.382. The van der Waals surface area contributed by atoms with Crippen molar-refractivity contribution >= 4 is 0 Å². The molecular formula is C13H21NO. The number of benzene rings is 1. The van der Waals surface area contributed by atoms with Crippen molar-refractivity contribution in [2.45, 2.75) is 45.7 Å². The fraction of sp³-hybridized carbons (Fsp3) is 0.538. The van der Waals surface area contributed by atoms with E-state index in [2.05, 4.69) is 19.2 Å². The van der Waals surface area contributed by atoms with Gasteiger partial charge in [0.1, 0.15) is 5.75 Å². The van der Waals surface area contributed by atoms with Crippen LogP contribution in [0.4, 0.5) is 0 Å². The monoisotopic (exact) mass is 207 g/mol. The lowest BCUT2D eigenvalue weighted by molar-refractivity contribution is 0.452. The fourth-order valence-electron chi connectivity index (χ4n) is 1.56. The number of aromatic hydroxyl groups is 1. The summed E-state index contributed by atoms with van der Waals surface area (Å²) in [5, 5.41) is 13.0. The first-order valence-corrected chi connectivity index (χ1v) is 5.74. The van der Waals surface area contributed by atoms with Gasteiger partial charge in [0.2, 0.25) is 0 Å². The van der Waals surface area contributed by atoms with Gasteiger partial charge in [0.25, 0.3) is 0 Å². The normalized spacial score (nSPS) is 12.7. The predicted octanol–water partition coefficient (Wildman–Crippen LogP) is 3.06. The Morgan fingerprint density at radius 3 is 2.73 bits per heavy atom. The third-order valence-corrected chi connectivity index (χ3v) is 2.62. The lowest BCUT2D eigenvalue weighted by Gasteiger charge is -2.13. The summed E-state index contributed by atoms with van der Waals surface area (Å²) in [5.74, 6) is 0.382. The molecule has 0 aliphatic heterocycles. The highest BCUT2D eigenvalue weighted by atomic mass is 16.3. The van der Waals surface area contributed by atoms with Gasteiger partial charge in [-0.1, -0.05) is 38.0 Å². The molecule has 0 saturated carbocycles. The quantitative estimate of drug-likeness (QED) is 0.751. The summed E-state index contributed by atoms with van der Waals surface area (Å²) < 4.78 is 0. The van der Waals surface area contributed by atoms with Crippen LogP contribution in [0.5, 0.6) is 5.75 Å². The van der Waals surface area contributed by atoms with Crippen LogP contribution in [0.2, 0.25) is 0 Å². The molecule has 2 heteroatoms. The molecule has 2 nitrogen and oxygen atoms in total. The van der Waals surface area contributed by atoms with E-state index in [0.717, 1.165) is 12.1 Å². The van der Waals surface area contributed by atoms with Gasteiger partial charge in [-0.05, 0) is 19.4 Å². The van der Waals surface area contributed by atoms with Crippen LogP contribution in [-0.2, 0) is 6.54 Å². The molecular weight excluding hydrogens is 186 g/mol. The first-order valence-electron chi connectivity index (χ1n) is 5.74. The van der Waals surface area contributed by atoms with Gasteiger partial charge < -0.3 is 10.4 Å². The molecule has 1 atom stereocenters. The SMILES string of the molecule is CCCCC(C)NCc1ccccc1O. The summed E-state index contributed by atoms with van der Waals surface area (Å²) in [7, 11) is 0. The van der Waals surface area contributed by atoms with Crippen LogP contribution in [0.15, 0.2) is 24.3 Å². The standard InChI is InChI=1S/C13H21NO/c1-3-4-7-11(2)14-10-12-8-5-6-9-13(12)15/h5-6,8-9,11,14-15H,3-4,7,10H2,1-2H3. The smallest absolute Gasteiger partial charge is 0.120 e. The molecule has 2 N–H and O–H groups in total. The molecule has 0 saturated heterocycles. The van der Waals surface area contributed by atoms with E-state index in [-0.39, 0.29) is 0 Å². The Labute approximate surface area is 92.3 Å². The third-order valence-electron chi connectivity index (χ3n) is 2.62. The second-order valence-corrected chi connectivity index (χ2v) is 4.05. The highest BCUT2D eigenvalue weighted by molar-refractivity contribution is 5.31. The highest BCUT2D eigenvalue weighted by Crippen LogP contribution is 2.15. The summed E-state index contributed by atoms with van der Waals surface area (Å²) in [4.78, 5) is 0. The van der Waals surface area contributed by atoms with Gasteiger partial charge in [-0.25, -0.2) is 0 Å². The van der Waals surface area contributed by atoms with Gasteiger partial charge >= 0.3 is 0 Å². The van der Waals surface area contributed by atoms with Crippen LogP contribution in [0.25, 0.3) is 0 Å². The zero-order chi connectivity index (χ0) is 11.1. The van der Waals surface area contributed by atoms with Gasteiger partial charge in [0, 0.05) is 18.2 Å². The number of rotatable bonds is 6. The maximum atomic E-state index is 9.56. The Bertz CT molecular complexity index is 286. The average molecular weight is 207 g/mol. The van der Waals surface area contributed by atoms with Crippen LogP contribution < -0.4 is 5.32 Å². The summed E-state index contributed by atoms with van der Waals surface area (Å²) in [6.45, 7) is 5.14. The van der Waals surface area contributed by atoms with Crippen molar-refractivity contribution in [3.05, 3.63) is 29.8 Å². The first-order chi connectivity index (χ1) is 7.24. The van der Waals surface area contributed by atoms with E-state index in [1.54, 1.807) is 6.07 Å². The maximum absolute atomic E-state index is 9.56. The second kappa shape index (κ2) is 6.46. The van der Waals surface area contributed by atoms with Crippen LogP contribution >= 0.6 is 0 Å². The highest BCUT2D eigenvalue weighted by Gasteiger charge is 2.03. The number of para-hydroxylation sites is 1. The zero-order valence-corrected chi connectivity index (χ0v) is 9.66. The minimum Gasteiger partial charge on any atom is -0.508 e. The molecule has 0 aliphatic rings. The third kappa shape index (κ3) is 4.34. The number of hydrogen-bond donors (Lipinski definition) is 2. The molecule has 1 aromatic rings. The topological polar surface area (TPSA) is 32.3 Å². The molecule has 0 aromatic heterocycles. The molecule has 15 heavy (non-hydrogen) atoms. The van der Waals surface area contributed by atoms with Crippen molar-refractivity contribution in [2.75, 3.05) is 0 Å². The molecule has 0 radical (unpaired) electrons. The molecule has 1 aromatic carbocycles. The summed E-state index contributed by atoms with van der Waals surface area (Å²) in [5.41, 5.74) is 0.973. The van der Waals surface area contributed by atoms with Gasteiger partial charge in [-0.3, -0.25) is 0 Å². The molecule has 1 rings (SSSR count). The lowest BCUT2D eigenvalue weighted by Crippen LogP contribution is -2.25. The van der Waals surface area contributed by atoms with Crippen molar-refractivity contribution in [3.8, 4) is 5.75 Å². The fourth-order valence-corrected chi connectivity index (χ4v) is 1.56. The Morgan fingerprint density at radius 2 is 2.07 bits per heavy atom. The number of hydrogen-bond acceptors (Lipinski definition) is 2. The van der Waals surface area contributed by atoms with Gasteiger partial charge in [0.15, 0.2) is 0 Å². The molecule has 0 aliphatic carbocycles. The Kier molecular flexibility index (Phi) is 5.19. The van der Waals surface area contributed by atoms with E-state index in [1.807, 2.05) is 18.2 Å². The van der Waals surface area contributed by atoms with Crippen molar-refractivity contribution in [3.63, 3.8) is 0 Å². The van der Waals surface area contributed by atoms with E-state index in [9.17, 15) is 5.11 Å². The Morgan fingerprint density at radius 1 is 1.33 bits per heavy atom. The van der Waals surface area contributed by atoms with Crippen LogP contribution in [0.1, 0.15) is 38.7 Å². The number of unbranched alkanes of at least 4 members (excludes halogenated alkanes) is 1. The van der Waals surface area contributed by atoms with Gasteiger partial charge in [0.05, 0.1) is 0 Å². The molecule has 1 unspecified atom stereocenters. The van der Waals surface area contributed by atoms with E-state index in [4.69, 9.17) is 0 Å². The van der Waals surface area contributed by atoms with Gasteiger partial charge in [-0.2, -0.15) is 0 Å². The van der Waals surface area contributed by atoms with E-state index >= 15 is 0 Å². The van der Waals surface area contributed by atoms with Crippen LogP contribution in [-0.4, -0.2) is 11.1 Å². The molecule has 0 heterocycles. The Hall–Kier alpha value is -1.02. The molecule has 0 bridgehead atoms. The summed E-state index contributed by atoms with van der Waals surface area (Å²) >= 11 is 0.